The van der Waals surface area contributed by atoms with E-state index in [0.29, 0.717) is 5.56 Å². The number of hydrogen-bond donors (Lipinski definition) is 1. The zero-order chi connectivity index (χ0) is 36.7. The lowest BCUT2D eigenvalue weighted by Gasteiger charge is -2.34. The van der Waals surface area contributed by atoms with Crippen molar-refractivity contribution in [3.63, 3.8) is 0 Å². The quantitative estimate of drug-likeness (QED) is 0.196. The van der Waals surface area contributed by atoms with Crippen LogP contribution in [0, 0.1) is 5.92 Å². The first-order valence-corrected chi connectivity index (χ1v) is 15.9. The molecule has 0 aromatic heterocycles. The predicted octanol–water partition coefficient (Wildman–Crippen LogP) is 5.70. The van der Waals surface area contributed by atoms with Crippen molar-refractivity contribution in [1.82, 2.24) is 9.80 Å². The zero-order valence-corrected chi connectivity index (χ0v) is 30.3. The van der Waals surface area contributed by atoms with E-state index in [1.807, 2.05) is 26.0 Å². The van der Waals surface area contributed by atoms with Crippen LogP contribution in [0.3, 0.4) is 0 Å². The maximum Gasteiger partial charge on any atom is 0.410 e. The maximum atomic E-state index is 14.9. The number of amides is 2. The van der Waals surface area contributed by atoms with Gasteiger partial charge in [0.1, 0.15) is 23.4 Å². The van der Waals surface area contributed by atoms with Gasteiger partial charge < -0.3 is 24.2 Å². The Morgan fingerprint density at radius 3 is 1.74 bits per heavy atom. The highest BCUT2D eigenvalue weighted by Gasteiger charge is 2.40. The van der Waals surface area contributed by atoms with Crippen molar-refractivity contribution in [2.75, 3.05) is 14.1 Å². The van der Waals surface area contributed by atoms with Crippen LogP contribution in [-0.2, 0) is 45.2 Å². The molecule has 0 fully saturated rings. The van der Waals surface area contributed by atoms with Gasteiger partial charge >= 0.3 is 24.0 Å². The molecule has 1 N–H and O–H groups in total. The van der Waals surface area contributed by atoms with Gasteiger partial charge in [0.25, 0.3) is 5.91 Å². The average Bonchev–Trinajstić information content (AvgIpc) is 2.91. The van der Waals surface area contributed by atoms with Crippen LogP contribution in [0.4, 0.5) is 9.18 Å². The molecule has 0 bridgehead atoms. The number of rotatable bonds is 14. The second kappa shape index (κ2) is 16.4. The molecule has 1 aromatic carbocycles. The molecule has 0 spiro atoms. The van der Waals surface area contributed by atoms with Gasteiger partial charge in [-0.05, 0) is 70.4 Å². The van der Waals surface area contributed by atoms with Gasteiger partial charge in [-0.1, -0.05) is 58.9 Å². The van der Waals surface area contributed by atoms with Crippen LogP contribution in [0.5, 0.6) is 0 Å². The molecular formula is C35H55FN2O9. The number of carboxylic acids is 1. The first-order valence-electron chi connectivity index (χ1n) is 15.9. The Kier molecular flexibility index (Phi) is 14.4. The second-order valence-electron chi connectivity index (χ2n) is 15.1. The van der Waals surface area contributed by atoms with E-state index in [4.69, 9.17) is 14.2 Å². The number of likely N-dealkylation sites (N-methyl/N-ethyl adjacent to an activating group) is 2. The van der Waals surface area contributed by atoms with Crippen molar-refractivity contribution < 1.29 is 47.7 Å². The Morgan fingerprint density at radius 1 is 0.809 bits per heavy atom. The topological polar surface area (TPSA) is 140 Å². The number of carbonyl (C=O) groups is 5. The lowest BCUT2D eigenvalue weighted by atomic mass is 9.86. The number of nitrogens with zero attached hydrogens (tertiary/aromatic N) is 2. The molecule has 0 heterocycles. The van der Waals surface area contributed by atoms with Gasteiger partial charge in [0, 0.05) is 26.9 Å². The number of carboxylic acid groups (broad SMARTS) is 1. The lowest BCUT2D eigenvalue weighted by Crippen LogP contribution is -2.53. The average molecular weight is 667 g/mol. The number of benzene rings is 1. The highest BCUT2D eigenvalue weighted by Crippen LogP contribution is 2.25. The number of aliphatic carboxylic acids is 1. The molecule has 11 nitrogen and oxygen atoms in total. The highest BCUT2D eigenvalue weighted by atomic mass is 19.1. The minimum absolute atomic E-state index is 0.0543. The molecule has 0 saturated heterocycles. The largest absolute Gasteiger partial charge is 0.479 e. The number of hydrogen-bond acceptors (Lipinski definition) is 8. The van der Waals surface area contributed by atoms with Gasteiger partial charge in [0.15, 0.2) is 12.2 Å². The van der Waals surface area contributed by atoms with Crippen LogP contribution >= 0.6 is 0 Å². The smallest absolute Gasteiger partial charge is 0.410 e. The Bertz CT molecular complexity index is 1240. The second-order valence-corrected chi connectivity index (χ2v) is 15.1. The third kappa shape index (κ3) is 13.9. The monoisotopic (exact) mass is 666 g/mol. The van der Waals surface area contributed by atoms with E-state index in [1.165, 1.54) is 27.9 Å². The summed E-state index contributed by atoms with van der Waals surface area (Å²) in [7, 11) is 2.66. The SMILES string of the molecule is CC(C)C[C@@H](C(=O)O[C@H](Cc1ccc(C(C)(C)C)cc1)C(=O)N(C)[C@@H](CC(C)(C)F)C(=O)O[C@H](C)C(=O)O)N(C)C(=O)OC(C)(C)C. The fraction of sp³-hybridized carbons (Fsp3) is 0.686. The van der Waals surface area contributed by atoms with E-state index in [9.17, 15) is 33.5 Å². The minimum atomic E-state index is -1.96. The number of halogens is 1. The van der Waals surface area contributed by atoms with E-state index in [-0.39, 0.29) is 24.2 Å². The first kappa shape index (κ1) is 41.3. The summed E-state index contributed by atoms with van der Waals surface area (Å²) < 4.78 is 31.3. The van der Waals surface area contributed by atoms with Crippen molar-refractivity contribution in [3.05, 3.63) is 35.4 Å². The molecule has 0 aliphatic carbocycles. The van der Waals surface area contributed by atoms with Gasteiger partial charge in [-0.25, -0.2) is 23.6 Å². The van der Waals surface area contributed by atoms with E-state index in [2.05, 4.69) is 20.8 Å². The van der Waals surface area contributed by atoms with Crippen molar-refractivity contribution in [3.8, 4) is 0 Å². The highest BCUT2D eigenvalue weighted by molar-refractivity contribution is 5.90. The van der Waals surface area contributed by atoms with E-state index >= 15 is 0 Å². The van der Waals surface area contributed by atoms with Crippen LogP contribution in [0.15, 0.2) is 24.3 Å². The van der Waals surface area contributed by atoms with Crippen LogP contribution in [-0.4, -0.2) is 94.5 Å². The van der Waals surface area contributed by atoms with Gasteiger partial charge in [0.05, 0.1) is 0 Å². The lowest BCUT2D eigenvalue weighted by molar-refractivity contribution is -0.172. The standard InChI is InChI=1S/C35H55FN2O9/c1-21(2)18-25(38(13)32(44)47-34(7,8)9)30(42)46-27(19-23-14-16-24(17-15-23)33(4,5)6)28(39)37(12)26(20-35(10,11)36)31(43)45-22(3)29(40)41/h14-17,21-22,25-27H,18-20H2,1-13H3,(H,40,41)/t22-,25+,26+,27-/m1/s1. The summed E-state index contributed by atoms with van der Waals surface area (Å²) in [5, 5.41) is 9.25. The summed E-state index contributed by atoms with van der Waals surface area (Å²) in [5.41, 5.74) is -1.25. The van der Waals surface area contributed by atoms with Gasteiger partial charge in [-0.15, -0.1) is 0 Å². The molecule has 2 amide bonds. The van der Waals surface area contributed by atoms with Crippen LogP contribution in [0.25, 0.3) is 0 Å². The molecule has 4 atom stereocenters. The molecule has 0 aliphatic rings. The summed E-state index contributed by atoms with van der Waals surface area (Å²) in [6.07, 6.45) is -4.21. The summed E-state index contributed by atoms with van der Waals surface area (Å²) in [6.45, 7) is 18.5. The summed E-state index contributed by atoms with van der Waals surface area (Å²) >= 11 is 0. The fourth-order valence-corrected chi connectivity index (χ4v) is 4.60. The summed E-state index contributed by atoms with van der Waals surface area (Å²) in [5.74, 6) is -4.29. The maximum absolute atomic E-state index is 14.9. The molecule has 1 aromatic rings. The van der Waals surface area contributed by atoms with Gasteiger partial charge in [-0.2, -0.15) is 0 Å². The minimum Gasteiger partial charge on any atom is -0.479 e. The third-order valence-electron chi connectivity index (χ3n) is 7.30. The normalized spacial score (nSPS) is 14.8. The van der Waals surface area contributed by atoms with Crippen LogP contribution < -0.4 is 0 Å². The molecule has 0 unspecified atom stereocenters. The summed E-state index contributed by atoms with van der Waals surface area (Å²) in [6, 6.07) is 4.76. The molecule has 0 aliphatic heterocycles. The first-order chi connectivity index (χ1) is 21.2. The fourth-order valence-electron chi connectivity index (χ4n) is 4.60. The Balaban J connectivity index is 3.59. The molecular weight excluding hydrogens is 611 g/mol. The molecule has 1 rings (SSSR count). The molecule has 266 valence electrons. The number of alkyl halides is 1. The zero-order valence-electron chi connectivity index (χ0n) is 30.3. The van der Waals surface area contributed by atoms with E-state index in [1.54, 1.807) is 32.9 Å². The van der Waals surface area contributed by atoms with Crippen molar-refractivity contribution >= 4 is 29.9 Å². The van der Waals surface area contributed by atoms with Crippen LogP contribution in [0.1, 0.15) is 100 Å². The van der Waals surface area contributed by atoms with Gasteiger partial charge in [-0.3, -0.25) is 9.69 Å². The Morgan fingerprint density at radius 2 is 1.32 bits per heavy atom. The number of esters is 2. The number of ether oxygens (including phenoxy) is 3. The molecule has 0 radical (unpaired) electrons. The molecule has 12 heteroatoms. The van der Waals surface area contributed by atoms with Crippen molar-refractivity contribution in [1.29, 1.82) is 0 Å². The van der Waals surface area contributed by atoms with Gasteiger partial charge in [0.2, 0.25) is 0 Å². The Hall–Kier alpha value is -3.70. The van der Waals surface area contributed by atoms with Crippen molar-refractivity contribution in [2.45, 2.75) is 136 Å². The van der Waals surface area contributed by atoms with Crippen LogP contribution in [0.2, 0.25) is 0 Å². The van der Waals surface area contributed by atoms with E-state index < -0.39 is 71.9 Å². The predicted molar refractivity (Wildman–Crippen MR) is 176 cm³/mol. The molecule has 0 saturated carbocycles. The Labute approximate surface area is 279 Å². The third-order valence-corrected chi connectivity index (χ3v) is 7.30. The summed E-state index contributed by atoms with van der Waals surface area (Å²) in [4.78, 5) is 67.4. The number of carbonyl (C=O) groups excluding carboxylic acids is 4. The molecule has 47 heavy (non-hydrogen) atoms. The van der Waals surface area contributed by atoms with Crippen molar-refractivity contribution in [2.24, 2.45) is 5.92 Å². The van der Waals surface area contributed by atoms with E-state index in [0.717, 1.165) is 22.3 Å².